The van der Waals surface area contributed by atoms with E-state index in [4.69, 9.17) is 0 Å². The molecule has 1 aromatic rings. The number of anilines is 1. The molecular weight excluding hydrogens is 280 g/mol. The van der Waals surface area contributed by atoms with E-state index >= 15 is 0 Å². The van der Waals surface area contributed by atoms with E-state index in [0.29, 0.717) is 25.5 Å². The van der Waals surface area contributed by atoms with Crippen molar-refractivity contribution in [2.24, 2.45) is 0 Å². The maximum Gasteiger partial charge on any atom is 0.245 e. The van der Waals surface area contributed by atoms with Gasteiger partial charge in [-0.1, -0.05) is 0 Å². The summed E-state index contributed by atoms with van der Waals surface area (Å²) in [5.74, 6) is 0.429. The number of sulfonamides is 1. The first-order chi connectivity index (χ1) is 9.45. The summed E-state index contributed by atoms with van der Waals surface area (Å²) < 4.78 is 26.0. The predicted octanol–water partition coefficient (Wildman–Crippen LogP) is -0.0239. The number of carbonyl (C=O) groups is 1. The van der Waals surface area contributed by atoms with Crippen LogP contribution in [-0.2, 0) is 14.8 Å². The molecule has 0 unspecified atom stereocenters. The number of rotatable bonds is 4. The van der Waals surface area contributed by atoms with E-state index in [1.165, 1.54) is 21.5 Å². The van der Waals surface area contributed by atoms with E-state index in [9.17, 15) is 13.2 Å². The standard InChI is InChI=1S/C12H18N4O3S/c1-3-13-11-5-4-10(8-14-11)20(18,19)16-7-6-15(2)12(17)9-16/h4-5,8H,3,6-7,9H2,1-2H3,(H,13,14). The van der Waals surface area contributed by atoms with Crippen molar-refractivity contribution in [3.63, 3.8) is 0 Å². The first kappa shape index (κ1) is 14.7. The zero-order chi connectivity index (χ0) is 14.8. The van der Waals surface area contributed by atoms with Crippen LogP contribution in [0.5, 0.6) is 0 Å². The fraction of sp³-hybridized carbons (Fsp3) is 0.500. The molecule has 0 bridgehead atoms. The van der Waals surface area contributed by atoms with Crippen LogP contribution in [0.4, 0.5) is 5.82 Å². The Hall–Kier alpha value is -1.67. The first-order valence-electron chi connectivity index (χ1n) is 6.39. The van der Waals surface area contributed by atoms with Crippen LogP contribution in [0.25, 0.3) is 0 Å². The summed E-state index contributed by atoms with van der Waals surface area (Å²) in [6.07, 6.45) is 1.32. The van der Waals surface area contributed by atoms with Crippen LogP contribution in [0, 0.1) is 0 Å². The Morgan fingerprint density at radius 1 is 1.35 bits per heavy atom. The van der Waals surface area contributed by atoms with Crippen molar-refractivity contribution < 1.29 is 13.2 Å². The Kier molecular flexibility index (Phi) is 4.24. The fourth-order valence-corrected chi connectivity index (χ4v) is 3.24. The predicted molar refractivity (Wildman–Crippen MR) is 74.8 cm³/mol. The number of nitrogens with zero attached hydrogens (tertiary/aromatic N) is 3. The van der Waals surface area contributed by atoms with E-state index in [0.717, 1.165) is 0 Å². The van der Waals surface area contributed by atoms with Gasteiger partial charge in [-0.15, -0.1) is 0 Å². The summed E-state index contributed by atoms with van der Waals surface area (Å²) in [5, 5.41) is 3.00. The molecule has 110 valence electrons. The number of nitrogens with one attached hydrogen (secondary N) is 1. The first-order valence-corrected chi connectivity index (χ1v) is 7.83. The molecule has 1 aromatic heterocycles. The SMILES string of the molecule is CCNc1ccc(S(=O)(=O)N2CCN(C)C(=O)C2)cn1. The third-order valence-electron chi connectivity index (χ3n) is 3.15. The average molecular weight is 298 g/mol. The Morgan fingerprint density at radius 3 is 2.65 bits per heavy atom. The fourth-order valence-electron chi connectivity index (χ4n) is 1.91. The normalized spacial score (nSPS) is 17.3. The van der Waals surface area contributed by atoms with Crippen LogP contribution in [0.1, 0.15) is 6.92 Å². The van der Waals surface area contributed by atoms with Crippen molar-refractivity contribution in [2.45, 2.75) is 11.8 Å². The van der Waals surface area contributed by atoms with Gasteiger partial charge < -0.3 is 10.2 Å². The lowest BCUT2D eigenvalue weighted by Gasteiger charge is -2.31. The van der Waals surface area contributed by atoms with Crippen LogP contribution in [0.3, 0.4) is 0 Å². The highest BCUT2D eigenvalue weighted by Crippen LogP contribution is 2.18. The van der Waals surface area contributed by atoms with Crippen molar-refractivity contribution in [1.82, 2.24) is 14.2 Å². The lowest BCUT2D eigenvalue weighted by atomic mass is 10.4. The molecule has 1 saturated heterocycles. The van der Waals surface area contributed by atoms with Crippen molar-refractivity contribution in [3.05, 3.63) is 18.3 Å². The minimum atomic E-state index is -3.65. The number of aromatic nitrogens is 1. The Labute approximate surface area is 118 Å². The molecule has 1 aliphatic heterocycles. The van der Waals surface area contributed by atoms with Gasteiger partial charge in [0.25, 0.3) is 0 Å². The van der Waals surface area contributed by atoms with Gasteiger partial charge in [-0.05, 0) is 19.1 Å². The highest BCUT2D eigenvalue weighted by molar-refractivity contribution is 7.89. The maximum atomic E-state index is 12.4. The Balaban J connectivity index is 2.19. The van der Waals surface area contributed by atoms with Gasteiger partial charge >= 0.3 is 0 Å². The summed E-state index contributed by atoms with van der Waals surface area (Å²) in [4.78, 5) is 17.3. The van der Waals surface area contributed by atoms with Crippen molar-refractivity contribution in [3.8, 4) is 0 Å². The number of hydrogen-bond acceptors (Lipinski definition) is 5. The molecule has 0 aromatic carbocycles. The molecule has 8 heteroatoms. The summed E-state index contributed by atoms with van der Waals surface area (Å²) in [6, 6.07) is 3.12. The van der Waals surface area contributed by atoms with E-state index in [2.05, 4.69) is 10.3 Å². The molecule has 1 N–H and O–H groups in total. The van der Waals surface area contributed by atoms with Gasteiger partial charge in [0, 0.05) is 32.9 Å². The number of amides is 1. The topological polar surface area (TPSA) is 82.6 Å². The zero-order valence-corrected chi connectivity index (χ0v) is 12.4. The molecule has 0 aliphatic carbocycles. The minimum Gasteiger partial charge on any atom is -0.370 e. The van der Waals surface area contributed by atoms with Crippen molar-refractivity contribution in [2.75, 3.05) is 38.5 Å². The lowest BCUT2D eigenvalue weighted by molar-refractivity contribution is -0.132. The molecule has 20 heavy (non-hydrogen) atoms. The van der Waals surface area contributed by atoms with Crippen LogP contribution < -0.4 is 5.32 Å². The Morgan fingerprint density at radius 2 is 2.10 bits per heavy atom. The summed E-state index contributed by atoms with van der Waals surface area (Å²) >= 11 is 0. The summed E-state index contributed by atoms with van der Waals surface area (Å²) in [5.41, 5.74) is 0. The molecule has 7 nitrogen and oxygen atoms in total. The molecular formula is C12H18N4O3S. The second-order valence-corrected chi connectivity index (χ2v) is 6.50. The average Bonchev–Trinajstić information content (AvgIpc) is 2.43. The van der Waals surface area contributed by atoms with E-state index in [1.54, 1.807) is 13.1 Å². The molecule has 0 radical (unpaired) electrons. The largest absolute Gasteiger partial charge is 0.370 e. The second kappa shape index (κ2) is 5.76. The summed E-state index contributed by atoms with van der Waals surface area (Å²) in [7, 11) is -1.99. The second-order valence-electron chi connectivity index (χ2n) is 4.56. The summed E-state index contributed by atoms with van der Waals surface area (Å²) in [6.45, 7) is 3.24. The minimum absolute atomic E-state index is 0.108. The van der Waals surface area contributed by atoms with Crippen LogP contribution >= 0.6 is 0 Å². The molecule has 1 amide bonds. The molecule has 2 rings (SSSR count). The van der Waals surface area contributed by atoms with Gasteiger partial charge in [-0.25, -0.2) is 13.4 Å². The highest BCUT2D eigenvalue weighted by Gasteiger charge is 2.31. The smallest absolute Gasteiger partial charge is 0.245 e. The third kappa shape index (κ3) is 2.91. The molecule has 0 atom stereocenters. The molecule has 1 aliphatic rings. The number of pyridine rings is 1. The lowest BCUT2D eigenvalue weighted by Crippen LogP contribution is -2.50. The van der Waals surface area contributed by atoms with E-state index in [1.807, 2.05) is 6.92 Å². The van der Waals surface area contributed by atoms with Gasteiger partial charge in [0.1, 0.15) is 10.7 Å². The van der Waals surface area contributed by atoms with Crippen LogP contribution in [0.2, 0.25) is 0 Å². The maximum absolute atomic E-state index is 12.4. The number of hydrogen-bond donors (Lipinski definition) is 1. The third-order valence-corrected chi connectivity index (χ3v) is 4.98. The highest BCUT2D eigenvalue weighted by atomic mass is 32.2. The number of likely N-dealkylation sites (N-methyl/N-ethyl adjacent to an activating group) is 1. The monoisotopic (exact) mass is 298 g/mol. The zero-order valence-electron chi connectivity index (χ0n) is 11.5. The molecule has 0 saturated carbocycles. The molecule has 2 heterocycles. The molecule has 0 spiro atoms. The number of carbonyl (C=O) groups excluding carboxylic acids is 1. The number of piperazine rings is 1. The quantitative estimate of drug-likeness (QED) is 0.844. The van der Waals surface area contributed by atoms with Crippen molar-refractivity contribution >= 4 is 21.7 Å². The van der Waals surface area contributed by atoms with Crippen molar-refractivity contribution in [1.29, 1.82) is 0 Å². The molecule has 1 fully saturated rings. The van der Waals surface area contributed by atoms with Crippen LogP contribution in [0.15, 0.2) is 23.2 Å². The van der Waals surface area contributed by atoms with Gasteiger partial charge in [-0.2, -0.15) is 4.31 Å². The Bertz CT molecular complexity index is 585. The van der Waals surface area contributed by atoms with Gasteiger partial charge in [0.2, 0.25) is 15.9 Å². The van der Waals surface area contributed by atoms with Gasteiger partial charge in [-0.3, -0.25) is 4.79 Å². The van der Waals surface area contributed by atoms with Gasteiger partial charge in [0.15, 0.2) is 0 Å². The van der Waals surface area contributed by atoms with Crippen LogP contribution in [-0.4, -0.2) is 61.7 Å². The van der Waals surface area contributed by atoms with E-state index in [-0.39, 0.29) is 17.3 Å². The van der Waals surface area contributed by atoms with E-state index < -0.39 is 10.0 Å². The van der Waals surface area contributed by atoms with Gasteiger partial charge in [0.05, 0.1) is 6.54 Å².